The lowest BCUT2D eigenvalue weighted by atomic mass is 10.2. The smallest absolute Gasteiger partial charge is 0.258 e. The van der Waals surface area contributed by atoms with Crippen LogP contribution in [0.5, 0.6) is 0 Å². The lowest BCUT2D eigenvalue weighted by Crippen LogP contribution is -2.15. The summed E-state index contributed by atoms with van der Waals surface area (Å²) in [4.78, 5) is 15.7. The van der Waals surface area contributed by atoms with Crippen molar-refractivity contribution in [2.24, 2.45) is 0 Å². The third-order valence-corrected chi connectivity index (χ3v) is 2.79. The molecule has 0 aliphatic heterocycles. The van der Waals surface area contributed by atoms with E-state index in [-0.39, 0.29) is 10.6 Å². The number of carbonyl (C=O) groups excluding carboxylic acids is 1. The second-order valence-electron chi connectivity index (χ2n) is 4.01. The van der Waals surface area contributed by atoms with Gasteiger partial charge in [-0.25, -0.2) is 13.2 Å². The summed E-state index contributed by atoms with van der Waals surface area (Å²) in [6.45, 7) is 1.68. The van der Waals surface area contributed by atoms with Gasteiger partial charge < -0.3 is 5.32 Å². The number of nitrogens with zero attached hydrogens (tertiary/aromatic N) is 1. The summed E-state index contributed by atoms with van der Waals surface area (Å²) < 4.78 is 39.4. The second-order valence-corrected chi connectivity index (χ2v) is 4.42. The van der Waals surface area contributed by atoms with Gasteiger partial charge in [-0.15, -0.1) is 0 Å². The third kappa shape index (κ3) is 2.91. The Morgan fingerprint density at radius 2 is 1.95 bits per heavy atom. The molecule has 0 radical (unpaired) electrons. The van der Waals surface area contributed by atoms with Gasteiger partial charge in [0, 0.05) is 24.0 Å². The Morgan fingerprint density at radius 1 is 1.25 bits per heavy atom. The van der Waals surface area contributed by atoms with Crippen molar-refractivity contribution in [3.8, 4) is 0 Å². The molecule has 1 amide bonds. The minimum Gasteiger partial charge on any atom is -0.319 e. The van der Waals surface area contributed by atoms with Crippen LogP contribution in [0.15, 0.2) is 24.4 Å². The fourth-order valence-corrected chi connectivity index (χ4v) is 1.82. The Morgan fingerprint density at radius 3 is 2.60 bits per heavy atom. The van der Waals surface area contributed by atoms with E-state index in [2.05, 4.69) is 10.3 Å². The highest BCUT2D eigenvalue weighted by atomic mass is 35.5. The number of anilines is 1. The highest BCUT2D eigenvalue weighted by Crippen LogP contribution is 2.22. The van der Waals surface area contributed by atoms with Crippen LogP contribution in [0, 0.1) is 24.4 Å². The number of amides is 1. The predicted octanol–water partition coefficient (Wildman–Crippen LogP) is 3.71. The second kappa shape index (κ2) is 5.50. The summed E-state index contributed by atoms with van der Waals surface area (Å²) in [6, 6.07) is 2.50. The van der Waals surface area contributed by atoms with Gasteiger partial charge in [0.2, 0.25) is 0 Å². The number of pyridine rings is 1. The van der Waals surface area contributed by atoms with E-state index in [1.807, 2.05) is 0 Å². The molecular weight excluding hydrogens is 293 g/mol. The molecule has 0 bridgehead atoms. The summed E-state index contributed by atoms with van der Waals surface area (Å²) in [5.41, 5.74) is -0.0417. The number of hydrogen-bond donors (Lipinski definition) is 1. The Bertz CT molecular complexity index is 692. The molecule has 1 aromatic heterocycles. The number of hydrogen-bond acceptors (Lipinski definition) is 2. The van der Waals surface area contributed by atoms with Gasteiger partial charge in [-0.2, -0.15) is 0 Å². The first-order valence-corrected chi connectivity index (χ1v) is 5.84. The quantitative estimate of drug-likeness (QED) is 0.859. The number of halogens is 4. The Hall–Kier alpha value is -2.08. The van der Waals surface area contributed by atoms with Crippen molar-refractivity contribution in [1.29, 1.82) is 0 Å². The summed E-state index contributed by atoms with van der Waals surface area (Å²) >= 11 is 5.85. The minimum atomic E-state index is -1.39. The highest BCUT2D eigenvalue weighted by molar-refractivity contribution is 6.34. The normalized spacial score (nSPS) is 10.4. The molecular formula is C13H8ClF3N2O. The number of carbonyl (C=O) groups is 1. The Balaban J connectivity index is 2.32. The molecule has 0 aliphatic carbocycles. The zero-order valence-corrected chi connectivity index (χ0v) is 10.9. The molecule has 0 aliphatic rings. The number of nitrogens with one attached hydrogen (secondary N) is 1. The fourth-order valence-electron chi connectivity index (χ4n) is 1.53. The zero-order valence-electron chi connectivity index (χ0n) is 10.2. The van der Waals surface area contributed by atoms with Crippen molar-refractivity contribution in [3.63, 3.8) is 0 Å². The summed E-state index contributed by atoms with van der Waals surface area (Å²) in [5, 5.41) is 2.15. The van der Waals surface area contributed by atoms with Crippen LogP contribution in [0.2, 0.25) is 5.02 Å². The molecule has 7 heteroatoms. The standard InChI is InChI=1S/C13H8ClF3N2O/c1-6-2-9(14)8(5-18-6)13(20)19-11-4-7(15)3-10(16)12(11)17/h2-5H,1H3,(H,19,20). The van der Waals surface area contributed by atoms with Crippen molar-refractivity contribution in [3.05, 3.63) is 58.1 Å². The van der Waals surface area contributed by atoms with Crippen molar-refractivity contribution in [2.45, 2.75) is 6.92 Å². The Labute approximate surface area is 117 Å². The maximum atomic E-state index is 13.4. The molecule has 0 unspecified atom stereocenters. The average Bonchev–Trinajstić information content (AvgIpc) is 2.35. The van der Waals surface area contributed by atoms with Crippen molar-refractivity contribution in [2.75, 3.05) is 5.32 Å². The van der Waals surface area contributed by atoms with Gasteiger partial charge >= 0.3 is 0 Å². The number of aryl methyl sites for hydroxylation is 1. The SMILES string of the molecule is Cc1cc(Cl)c(C(=O)Nc2cc(F)cc(F)c2F)cn1. The van der Waals surface area contributed by atoms with Crippen molar-refractivity contribution < 1.29 is 18.0 Å². The van der Waals surface area contributed by atoms with Gasteiger partial charge in [0.05, 0.1) is 16.3 Å². The summed E-state index contributed by atoms with van der Waals surface area (Å²) in [7, 11) is 0. The summed E-state index contributed by atoms with van der Waals surface area (Å²) in [5.74, 6) is -4.57. The molecule has 1 aromatic carbocycles. The van der Waals surface area contributed by atoms with Crippen molar-refractivity contribution >= 4 is 23.2 Å². The molecule has 20 heavy (non-hydrogen) atoms. The van der Waals surface area contributed by atoms with Gasteiger partial charge in [-0.05, 0) is 13.0 Å². The monoisotopic (exact) mass is 300 g/mol. The van der Waals surface area contributed by atoms with Gasteiger partial charge in [-0.1, -0.05) is 11.6 Å². The average molecular weight is 301 g/mol. The minimum absolute atomic E-state index is 0.0265. The molecule has 1 heterocycles. The molecule has 0 atom stereocenters. The molecule has 104 valence electrons. The number of rotatable bonds is 2. The van der Waals surface area contributed by atoms with E-state index in [9.17, 15) is 18.0 Å². The first-order chi connectivity index (χ1) is 9.38. The first-order valence-electron chi connectivity index (χ1n) is 5.46. The first kappa shape index (κ1) is 14.3. The third-order valence-electron chi connectivity index (χ3n) is 2.48. The van der Waals surface area contributed by atoms with E-state index >= 15 is 0 Å². The van der Waals surface area contributed by atoms with Crippen molar-refractivity contribution in [1.82, 2.24) is 4.98 Å². The van der Waals surface area contributed by atoms with Crippen LogP contribution in [0.25, 0.3) is 0 Å². The number of benzene rings is 1. The van der Waals surface area contributed by atoms with Crippen LogP contribution in [0.4, 0.5) is 18.9 Å². The maximum Gasteiger partial charge on any atom is 0.258 e. The van der Waals surface area contributed by atoms with E-state index in [1.54, 1.807) is 6.92 Å². The molecule has 0 spiro atoms. The molecule has 3 nitrogen and oxygen atoms in total. The molecule has 0 saturated heterocycles. The lowest BCUT2D eigenvalue weighted by molar-refractivity contribution is 0.102. The van der Waals surface area contributed by atoms with E-state index in [0.29, 0.717) is 17.8 Å². The lowest BCUT2D eigenvalue weighted by Gasteiger charge is -2.08. The molecule has 1 N–H and O–H groups in total. The van der Waals surface area contributed by atoms with Crippen LogP contribution in [-0.2, 0) is 0 Å². The molecule has 0 saturated carbocycles. The van der Waals surface area contributed by atoms with Gasteiger partial charge in [0.1, 0.15) is 5.82 Å². The fraction of sp³-hybridized carbons (Fsp3) is 0.0769. The van der Waals surface area contributed by atoms with E-state index in [1.165, 1.54) is 12.3 Å². The van der Waals surface area contributed by atoms with Gasteiger partial charge in [0.25, 0.3) is 5.91 Å². The van der Waals surface area contributed by atoms with E-state index in [4.69, 9.17) is 11.6 Å². The van der Waals surface area contributed by atoms with Gasteiger partial charge in [0.15, 0.2) is 11.6 Å². The highest BCUT2D eigenvalue weighted by Gasteiger charge is 2.16. The summed E-state index contributed by atoms with van der Waals surface area (Å²) in [6.07, 6.45) is 1.19. The zero-order chi connectivity index (χ0) is 14.9. The van der Waals surface area contributed by atoms with Crippen LogP contribution in [-0.4, -0.2) is 10.9 Å². The largest absolute Gasteiger partial charge is 0.319 e. The van der Waals surface area contributed by atoms with E-state index < -0.39 is 29.0 Å². The molecule has 2 rings (SSSR count). The van der Waals surface area contributed by atoms with Crippen LogP contribution >= 0.6 is 11.6 Å². The topological polar surface area (TPSA) is 42.0 Å². The van der Waals surface area contributed by atoms with E-state index in [0.717, 1.165) is 0 Å². The maximum absolute atomic E-state index is 13.4. The molecule has 0 fully saturated rings. The Kier molecular flexibility index (Phi) is 3.94. The van der Waals surface area contributed by atoms with Crippen LogP contribution < -0.4 is 5.32 Å². The van der Waals surface area contributed by atoms with Gasteiger partial charge in [-0.3, -0.25) is 9.78 Å². The predicted molar refractivity (Wildman–Crippen MR) is 68.3 cm³/mol. The van der Waals surface area contributed by atoms with Crippen LogP contribution in [0.3, 0.4) is 0 Å². The number of aromatic nitrogens is 1. The molecule has 2 aromatic rings. The van der Waals surface area contributed by atoms with Crippen LogP contribution in [0.1, 0.15) is 16.1 Å².